The van der Waals surface area contributed by atoms with Gasteiger partial charge in [0.25, 0.3) is 0 Å². The van der Waals surface area contributed by atoms with Crippen molar-refractivity contribution in [3.8, 4) is 0 Å². The minimum absolute atomic E-state index is 0.284. The van der Waals surface area contributed by atoms with Crippen molar-refractivity contribution in [1.82, 2.24) is 10.2 Å². The van der Waals surface area contributed by atoms with Crippen molar-refractivity contribution in [2.75, 3.05) is 19.6 Å². The fourth-order valence-electron chi connectivity index (χ4n) is 3.58. The molecule has 114 valence electrons. The molecule has 2 aliphatic rings. The first-order chi connectivity index (χ1) is 10.2. The van der Waals surface area contributed by atoms with E-state index in [4.69, 9.17) is 0 Å². The summed E-state index contributed by atoms with van der Waals surface area (Å²) in [5, 5.41) is 13.1. The molecule has 4 heteroatoms. The molecule has 2 N–H and O–H groups in total. The van der Waals surface area contributed by atoms with Crippen LogP contribution in [0, 0.1) is 5.92 Å². The molecule has 1 aliphatic heterocycles. The van der Waals surface area contributed by atoms with Gasteiger partial charge in [-0.05, 0) is 42.9 Å². The molecule has 0 radical (unpaired) electrons. The lowest BCUT2D eigenvalue weighted by atomic mass is 9.90. The first-order valence-electron chi connectivity index (χ1n) is 7.93. The van der Waals surface area contributed by atoms with E-state index in [0.717, 1.165) is 32.4 Å². The maximum Gasteiger partial charge on any atom is 0.325 e. The second kappa shape index (κ2) is 5.78. The Hall–Kier alpha value is -1.39. The van der Waals surface area contributed by atoms with E-state index in [2.05, 4.69) is 34.5 Å². The number of nitrogens with one attached hydrogen (secondary N) is 1. The Morgan fingerprint density at radius 1 is 1.38 bits per heavy atom. The average Bonchev–Trinajstić information content (AvgIpc) is 3.31. The molecule has 1 heterocycles. The van der Waals surface area contributed by atoms with E-state index < -0.39 is 11.5 Å². The van der Waals surface area contributed by atoms with Crippen LogP contribution in [-0.4, -0.2) is 41.1 Å². The predicted molar refractivity (Wildman–Crippen MR) is 82.2 cm³/mol. The zero-order valence-electron chi connectivity index (χ0n) is 12.6. The lowest BCUT2D eigenvalue weighted by Gasteiger charge is -2.38. The van der Waals surface area contributed by atoms with Crippen molar-refractivity contribution in [2.24, 2.45) is 5.92 Å². The van der Waals surface area contributed by atoms with Gasteiger partial charge in [0.15, 0.2) is 0 Å². The third kappa shape index (κ3) is 2.83. The third-order valence-electron chi connectivity index (χ3n) is 4.83. The highest BCUT2D eigenvalue weighted by atomic mass is 16.4. The summed E-state index contributed by atoms with van der Waals surface area (Å²) in [4.78, 5) is 14.2. The molecule has 0 aromatic heterocycles. The fourth-order valence-corrected chi connectivity index (χ4v) is 3.58. The zero-order chi connectivity index (χ0) is 14.9. The molecule has 0 amide bonds. The van der Waals surface area contributed by atoms with Crippen molar-refractivity contribution >= 4 is 5.97 Å². The van der Waals surface area contributed by atoms with Crippen LogP contribution in [-0.2, 0) is 17.8 Å². The molecular weight excluding hydrogens is 264 g/mol. The SMILES string of the molecule is CCNC(CN1CCc2ccccc2C1)(C(=O)O)C1CC1. The van der Waals surface area contributed by atoms with Crippen LogP contribution < -0.4 is 5.32 Å². The predicted octanol–water partition coefficient (Wildman–Crippen LogP) is 1.89. The van der Waals surface area contributed by atoms with Gasteiger partial charge in [0.1, 0.15) is 5.54 Å². The van der Waals surface area contributed by atoms with Crippen LogP contribution in [0.4, 0.5) is 0 Å². The Morgan fingerprint density at radius 2 is 2.10 bits per heavy atom. The van der Waals surface area contributed by atoms with Gasteiger partial charge in [-0.2, -0.15) is 0 Å². The van der Waals surface area contributed by atoms with Crippen LogP contribution in [0.2, 0.25) is 0 Å². The largest absolute Gasteiger partial charge is 0.480 e. The fraction of sp³-hybridized carbons (Fsp3) is 0.588. The molecule has 21 heavy (non-hydrogen) atoms. The maximum absolute atomic E-state index is 11.9. The number of hydrogen-bond acceptors (Lipinski definition) is 3. The number of benzene rings is 1. The first kappa shape index (κ1) is 14.5. The Bertz CT molecular complexity index is 527. The van der Waals surface area contributed by atoms with Gasteiger partial charge in [0.2, 0.25) is 0 Å². The van der Waals surface area contributed by atoms with E-state index in [1.54, 1.807) is 0 Å². The Kier molecular flexibility index (Phi) is 4.00. The van der Waals surface area contributed by atoms with Crippen molar-refractivity contribution in [3.63, 3.8) is 0 Å². The minimum Gasteiger partial charge on any atom is -0.480 e. The number of carboxylic acids is 1. The number of fused-ring (bicyclic) bond motifs is 1. The lowest BCUT2D eigenvalue weighted by molar-refractivity contribution is -0.147. The summed E-state index contributed by atoms with van der Waals surface area (Å²) in [6.07, 6.45) is 3.08. The van der Waals surface area contributed by atoms with Gasteiger partial charge in [-0.1, -0.05) is 31.2 Å². The third-order valence-corrected chi connectivity index (χ3v) is 4.83. The standard InChI is InChI=1S/C17H24N2O2/c1-2-18-17(16(20)21,15-7-8-15)12-19-10-9-13-5-3-4-6-14(13)11-19/h3-6,15,18H,2,7-12H2,1H3,(H,20,21). The highest BCUT2D eigenvalue weighted by Crippen LogP contribution is 2.41. The summed E-state index contributed by atoms with van der Waals surface area (Å²) >= 11 is 0. The van der Waals surface area contributed by atoms with Crippen LogP contribution in [0.1, 0.15) is 30.9 Å². The number of hydrogen-bond donors (Lipinski definition) is 2. The molecule has 1 aliphatic carbocycles. The summed E-state index contributed by atoms with van der Waals surface area (Å²) in [5.74, 6) is -0.405. The lowest BCUT2D eigenvalue weighted by Crippen LogP contribution is -2.61. The molecule has 1 aromatic rings. The molecule has 1 saturated carbocycles. The number of carbonyl (C=O) groups is 1. The van der Waals surface area contributed by atoms with Gasteiger partial charge in [0.05, 0.1) is 0 Å². The van der Waals surface area contributed by atoms with E-state index in [-0.39, 0.29) is 5.92 Å². The monoisotopic (exact) mass is 288 g/mol. The van der Waals surface area contributed by atoms with Crippen LogP contribution in [0.25, 0.3) is 0 Å². The normalized spacial score (nSPS) is 21.6. The van der Waals surface area contributed by atoms with Crippen molar-refractivity contribution in [2.45, 2.75) is 38.3 Å². The molecule has 0 spiro atoms. The van der Waals surface area contributed by atoms with Crippen LogP contribution in [0.5, 0.6) is 0 Å². The Labute approximate surface area is 126 Å². The zero-order valence-corrected chi connectivity index (χ0v) is 12.6. The van der Waals surface area contributed by atoms with Gasteiger partial charge < -0.3 is 10.4 Å². The molecule has 1 atom stereocenters. The summed E-state index contributed by atoms with van der Waals surface area (Å²) in [6, 6.07) is 8.49. The molecule has 1 aromatic carbocycles. The van der Waals surface area contributed by atoms with E-state index in [1.807, 2.05) is 6.92 Å². The molecule has 0 bridgehead atoms. The Morgan fingerprint density at radius 3 is 2.71 bits per heavy atom. The second-order valence-corrected chi connectivity index (χ2v) is 6.31. The quantitative estimate of drug-likeness (QED) is 0.839. The topological polar surface area (TPSA) is 52.6 Å². The van der Waals surface area contributed by atoms with Gasteiger partial charge in [0, 0.05) is 19.6 Å². The minimum atomic E-state index is -0.763. The van der Waals surface area contributed by atoms with Crippen molar-refractivity contribution < 1.29 is 9.90 Å². The number of rotatable bonds is 6. The smallest absolute Gasteiger partial charge is 0.325 e. The van der Waals surface area contributed by atoms with Gasteiger partial charge in [-0.3, -0.25) is 9.69 Å². The summed E-state index contributed by atoms with van der Waals surface area (Å²) in [7, 11) is 0. The number of likely N-dealkylation sites (N-methyl/N-ethyl adjacent to an activating group) is 1. The van der Waals surface area contributed by atoms with Crippen molar-refractivity contribution in [3.05, 3.63) is 35.4 Å². The van der Waals surface area contributed by atoms with Gasteiger partial charge in [-0.15, -0.1) is 0 Å². The molecule has 1 unspecified atom stereocenters. The summed E-state index contributed by atoms with van der Waals surface area (Å²) < 4.78 is 0. The van der Waals surface area contributed by atoms with Crippen molar-refractivity contribution in [1.29, 1.82) is 0 Å². The van der Waals surface area contributed by atoms with Gasteiger partial charge >= 0.3 is 5.97 Å². The van der Waals surface area contributed by atoms with E-state index in [0.29, 0.717) is 13.1 Å². The number of nitrogens with zero attached hydrogens (tertiary/aromatic N) is 1. The highest BCUT2D eigenvalue weighted by molar-refractivity contribution is 5.80. The van der Waals surface area contributed by atoms with Crippen LogP contribution >= 0.6 is 0 Å². The summed E-state index contributed by atoms with van der Waals surface area (Å²) in [5.41, 5.74) is 1.99. The number of carboxylic acid groups (broad SMARTS) is 1. The first-order valence-corrected chi connectivity index (χ1v) is 7.93. The maximum atomic E-state index is 11.9. The highest BCUT2D eigenvalue weighted by Gasteiger charge is 2.51. The second-order valence-electron chi connectivity index (χ2n) is 6.31. The molecular formula is C17H24N2O2. The van der Waals surface area contributed by atoms with Crippen LogP contribution in [0.3, 0.4) is 0 Å². The average molecular weight is 288 g/mol. The molecule has 3 rings (SSSR count). The molecule has 0 saturated heterocycles. The Balaban J connectivity index is 1.76. The van der Waals surface area contributed by atoms with E-state index >= 15 is 0 Å². The van der Waals surface area contributed by atoms with Crippen LogP contribution in [0.15, 0.2) is 24.3 Å². The van der Waals surface area contributed by atoms with E-state index in [1.165, 1.54) is 11.1 Å². The number of aliphatic carboxylic acids is 1. The molecule has 4 nitrogen and oxygen atoms in total. The molecule has 1 fully saturated rings. The van der Waals surface area contributed by atoms with Gasteiger partial charge in [-0.25, -0.2) is 0 Å². The summed E-state index contributed by atoms with van der Waals surface area (Å²) in [6.45, 7) is 5.11. The van der Waals surface area contributed by atoms with E-state index in [9.17, 15) is 9.90 Å².